The third kappa shape index (κ3) is 0.719. The summed E-state index contributed by atoms with van der Waals surface area (Å²) in [6.45, 7) is 1.87. The monoisotopic (exact) mass is 245 g/mol. The summed E-state index contributed by atoms with van der Waals surface area (Å²) in [5.41, 5.74) is 0.772. The van der Waals surface area contributed by atoms with Crippen LogP contribution in [0.25, 0.3) is 0 Å². The maximum atomic E-state index is 11.9. The molecule has 0 aromatic carbocycles. The van der Waals surface area contributed by atoms with Crippen LogP contribution in [0.5, 0.6) is 0 Å². The number of likely N-dealkylation sites (tertiary alicyclic amines) is 1. The number of rotatable bonds is 0. The Balaban J connectivity index is 1.60. The molecule has 1 saturated heterocycles. The van der Waals surface area contributed by atoms with Gasteiger partial charge in [0, 0.05) is 23.9 Å². The molecule has 1 heterocycles. The van der Waals surface area contributed by atoms with Gasteiger partial charge in [-0.25, -0.2) is 4.79 Å². The summed E-state index contributed by atoms with van der Waals surface area (Å²) in [6.07, 6.45) is 9.09. The molecule has 5 rings (SSSR count). The van der Waals surface area contributed by atoms with Crippen LogP contribution in [0.3, 0.4) is 0 Å². The minimum atomic E-state index is -0.118. The van der Waals surface area contributed by atoms with Gasteiger partial charge in [-0.05, 0) is 36.5 Å². The molecule has 3 nitrogen and oxygen atoms in total. The second-order valence-electron chi connectivity index (χ2n) is 7.02. The number of hydrogen-bond acceptors (Lipinski definition) is 2. The molecule has 96 valence electrons. The first-order chi connectivity index (χ1) is 8.74. The summed E-state index contributed by atoms with van der Waals surface area (Å²) < 4.78 is 4.94. The van der Waals surface area contributed by atoms with Crippen LogP contribution in [-0.4, -0.2) is 31.2 Å². The first kappa shape index (κ1) is 9.88. The average Bonchev–Trinajstić information content (AvgIpc) is 2.79. The van der Waals surface area contributed by atoms with Crippen LogP contribution in [0.15, 0.2) is 12.2 Å². The Hall–Kier alpha value is -0.990. The van der Waals surface area contributed by atoms with Crippen molar-refractivity contribution in [3.8, 4) is 0 Å². The fourth-order valence-corrected chi connectivity index (χ4v) is 6.64. The van der Waals surface area contributed by atoms with Crippen LogP contribution in [0.4, 0.5) is 4.79 Å². The zero-order valence-corrected chi connectivity index (χ0v) is 10.8. The summed E-state index contributed by atoms with van der Waals surface area (Å²) >= 11 is 0. The summed E-state index contributed by atoms with van der Waals surface area (Å²) in [7, 11) is 1.50. The number of carbonyl (C=O) groups is 1. The van der Waals surface area contributed by atoms with Gasteiger partial charge in [0.15, 0.2) is 0 Å². The van der Waals surface area contributed by atoms with Crippen LogP contribution in [0.1, 0.15) is 19.3 Å². The number of methoxy groups -OCH3 is 1. The highest BCUT2D eigenvalue weighted by Gasteiger charge is 2.87. The number of hydrogen-bond donors (Lipinski definition) is 0. The molecule has 1 spiro atoms. The molecule has 1 aliphatic heterocycles. The lowest BCUT2D eigenvalue weighted by Crippen LogP contribution is -2.35. The van der Waals surface area contributed by atoms with E-state index in [0.29, 0.717) is 10.8 Å². The molecule has 1 amide bonds. The number of allylic oxidation sites excluding steroid dienone is 1. The van der Waals surface area contributed by atoms with Gasteiger partial charge in [-0.1, -0.05) is 18.6 Å². The lowest BCUT2D eigenvalue weighted by atomic mass is 9.70. The van der Waals surface area contributed by atoms with Crippen LogP contribution in [0, 0.1) is 34.5 Å². The Labute approximate surface area is 107 Å². The van der Waals surface area contributed by atoms with Crippen molar-refractivity contribution in [3.05, 3.63) is 12.2 Å². The molecule has 0 aromatic rings. The van der Waals surface area contributed by atoms with Gasteiger partial charge in [-0.2, -0.15) is 0 Å². The Kier molecular flexibility index (Phi) is 1.45. The van der Waals surface area contributed by atoms with Crippen molar-refractivity contribution in [2.45, 2.75) is 19.3 Å². The maximum Gasteiger partial charge on any atom is 0.409 e. The van der Waals surface area contributed by atoms with Gasteiger partial charge in [0.25, 0.3) is 0 Å². The minimum Gasteiger partial charge on any atom is -0.453 e. The van der Waals surface area contributed by atoms with E-state index >= 15 is 0 Å². The molecular formula is C15H19NO2. The lowest BCUT2D eigenvalue weighted by Gasteiger charge is -2.33. The highest BCUT2D eigenvalue weighted by Crippen LogP contribution is 2.87. The van der Waals surface area contributed by atoms with Crippen molar-refractivity contribution < 1.29 is 9.53 Å². The standard InChI is InChI=1S/C15H19NO2/c1-18-13(17)16-7-14-6-5-11-12(15(11,14)8-16)9-3-2-4-10(9)14/h5-6,9-12H,2-4,7-8H2,1H3/t9-,10+,11?,12-,14+,15-/m1/s1. The minimum absolute atomic E-state index is 0.118. The van der Waals surface area contributed by atoms with Crippen molar-refractivity contribution in [3.63, 3.8) is 0 Å². The van der Waals surface area contributed by atoms with Gasteiger partial charge in [0.2, 0.25) is 0 Å². The molecule has 5 aliphatic rings. The lowest BCUT2D eigenvalue weighted by molar-refractivity contribution is 0.122. The molecule has 0 bridgehead atoms. The molecule has 0 aromatic heterocycles. The summed E-state index contributed by atoms with van der Waals surface area (Å²) in [4.78, 5) is 13.8. The molecule has 0 radical (unpaired) electrons. The zero-order valence-electron chi connectivity index (χ0n) is 10.8. The van der Waals surface area contributed by atoms with Gasteiger partial charge in [-0.3, -0.25) is 0 Å². The SMILES string of the molecule is COC(=O)N1C[C@@]23C=CC4[C@@H]([C@@H]5CCC[C@@H]52)[C@@]43C1. The number of ether oxygens (including phenoxy) is 1. The van der Waals surface area contributed by atoms with Gasteiger partial charge in [-0.15, -0.1) is 0 Å². The second kappa shape index (κ2) is 2.63. The van der Waals surface area contributed by atoms with Gasteiger partial charge in [0.05, 0.1) is 7.11 Å². The maximum absolute atomic E-state index is 11.9. The Bertz CT molecular complexity index is 487. The normalized spacial score (nSPS) is 57.5. The van der Waals surface area contributed by atoms with E-state index < -0.39 is 0 Å². The van der Waals surface area contributed by atoms with Crippen molar-refractivity contribution in [2.75, 3.05) is 20.2 Å². The van der Waals surface area contributed by atoms with Crippen LogP contribution in [0.2, 0.25) is 0 Å². The quantitative estimate of drug-likeness (QED) is 0.613. The van der Waals surface area contributed by atoms with Crippen LogP contribution in [-0.2, 0) is 4.74 Å². The third-order valence-corrected chi connectivity index (χ3v) is 6.97. The second-order valence-corrected chi connectivity index (χ2v) is 7.02. The third-order valence-electron chi connectivity index (χ3n) is 6.97. The number of amides is 1. The molecule has 1 unspecified atom stereocenters. The van der Waals surface area contributed by atoms with E-state index in [-0.39, 0.29) is 6.09 Å². The van der Waals surface area contributed by atoms with Crippen molar-refractivity contribution in [1.82, 2.24) is 4.90 Å². The van der Waals surface area contributed by atoms with Crippen molar-refractivity contribution in [1.29, 1.82) is 0 Å². The highest BCUT2D eigenvalue weighted by atomic mass is 16.5. The van der Waals surface area contributed by atoms with E-state index in [4.69, 9.17) is 4.74 Å². The predicted molar refractivity (Wildman–Crippen MR) is 65.8 cm³/mol. The van der Waals surface area contributed by atoms with Gasteiger partial charge < -0.3 is 9.64 Å². The van der Waals surface area contributed by atoms with E-state index in [9.17, 15) is 4.79 Å². The topological polar surface area (TPSA) is 29.5 Å². The first-order valence-electron chi connectivity index (χ1n) is 7.27. The number of nitrogens with zero attached hydrogens (tertiary/aromatic N) is 1. The van der Waals surface area contributed by atoms with E-state index in [0.717, 1.165) is 36.8 Å². The summed E-state index contributed by atoms with van der Waals surface area (Å²) in [5.74, 6) is 3.49. The Morgan fingerprint density at radius 2 is 2.28 bits per heavy atom. The first-order valence-corrected chi connectivity index (χ1v) is 7.27. The smallest absolute Gasteiger partial charge is 0.409 e. The van der Waals surface area contributed by atoms with Crippen molar-refractivity contribution >= 4 is 6.09 Å². The molecule has 4 fully saturated rings. The Morgan fingerprint density at radius 3 is 3.11 bits per heavy atom. The van der Waals surface area contributed by atoms with E-state index in [1.165, 1.54) is 26.4 Å². The molecular weight excluding hydrogens is 226 g/mol. The summed E-state index contributed by atoms with van der Waals surface area (Å²) in [6, 6.07) is 0. The van der Waals surface area contributed by atoms with E-state index in [1.807, 2.05) is 4.90 Å². The molecule has 6 atom stereocenters. The fourth-order valence-electron chi connectivity index (χ4n) is 6.64. The van der Waals surface area contributed by atoms with Crippen LogP contribution < -0.4 is 0 Å². The Morgan fingerprint density at radius 1 is 1.39 bits per heavy atom. The number of carbonyl (C=O) groups excluding carboxylic acids is 1. The molecule has 3 heteroatoms. The van der Waals surface area contributed by atoms with Crippen molar-refractivity contribution in [2.24, 2.45) is 34.5 Å². The van der Waals surface area contributed by atoms with Gasteiger partial charge in [0.1, 0.15) is 0 Å². The number of fused-ring (bicyclic) bond motifs is 3. The predicted octanol–water partition coefficient (Wildman–Crippen LogP) is 2.29. The largest absolute Gasteiger partial charge is 0.453 e. The molecule has 4 aliphatic carbocycles. The molecule has 3 saturated carbocycles. The van der Waals surface area contributed by atoms with E-state index in [1.54, 1.807) is 0 Å². The average molecular weight is 245 g/mol. The highest BCUT2D eigenvalue weighted by molar-refractivity contribution is 5.69. The van der Waals surface area contributed by atoms with E-state index in [2.05, 4.69) is 12.2 Å². The summed E-state index contributed by atoms with van der Waals surface area (Å²) in [5, 5.41) is 0. The fraction of sp³-hybridized carbons (Fsp3) is 0.800. The molecule has 18 heavy (non-hydrogen) atoms. The van der Waals surface area contributed by atoms with Gasteiger partial charge >= 0.3 is 6.09 Å². The zero-order chi connectivity index (χ0) is 12.1. The molecule has 0 N–H and O–H groups in total. The van der Waals surface area contributed by atoms with Crippen LogP contribution >= 0.6 is 0 Å².